The molecule has 1 amide bonds. The number of ether oxygens (including phenoxy) is 3. The van der Waals surface area contributed by atoms with Crippen molar-refractivity contribution >= 4 is 52.1 Å². The van der Waals surface area contributed by atoms with Gasteiger partial charge in [-0.3, -0.25) is 4.79 Å². The molecule has 7 nitrogen and oxygen atoms in total. The van der Waals surface area contributed by atoms with Gasteiger partial charge in [0.2, 0.25) is 11.8 Å². The van der Waals surface area contributed by atoms with Gasteiger partial charge in [0, 0.05) is 18.2 Å². The van der Waals surface area contributed by atoms with Crippen molar-refractivity contribution in [3.05, 3.63) is 92.2 Å². The molecule has 3 aromatic carbocycles. The summed E-state index contributed by atoms with van der Waals surface area (Å²) in [4.78, 5) is 28.1. The molecule has 184 valence electrons. The van der Waals surface area contributed by atoms with Crippen LogP contribution in [0.1, 0.15) is 36.1 Å². The fourth-order valence-electron chi connectivity index (χ4n) is 3.50. The minimum absolute atomic E-state index is 0.162. The van der Waals surface area contributed by atoms with Gasteiger partial charge in [0.25, 0.3) is 0 Å². The Balaban J connectivity index is 1.56. The third-order valence-electron chi connectivity index (χ3n) is 5.21. The Hall–Kier alpha value is -3.66. The van der Waals surface area contributed by atoms with Crippen LogP contribution in [-0.4, -0.2) is 24.4 Å². The molecule has 1 aliphatic heterocycles. The van der Waals surface area contributed by atoms with Gasteiger partial charge in [-0.25, -0.2) is 9.79 Å². The smallest absolute Gasteiger partial charge is 0.363 e. The van der Waals surface area contributed by atoms with Crippen LogP contribution in [0.15, 0.2) is 71.4 Å². The molecule has 0 aromatic heterocycles. The summed E-state index contributed by atoms with van der Waals surface area (Å²) in [6.07, 6.45) is 1.66. The Labute approximate surface area is 223 Å². The number of benzene rings is 3. The Morgan fingerprint density at radius 2 is 1.81 bits per heavy atom. The van der Waals surface area contributed by atoms with Crippen molar-refractivity contribution in [2.45, 2.75) is 27.4 Å². The van der Waals surface area contributed by atoms with Crippen LogP contribution in [0.3, 0.4) is 0 Å². The highest BCUT2D eigenvalue weighted by Gasteiger charge is 2.24. The van der Waals surface area contributed by atoms with Crippen molar-refractivity contribution in [1.29, 1.82) is 0 Å². The van der Waals surface area contributed by atoms with Gasteiger partial charge >= 0.3 is 5.97 Å². The Morgan fingerprint density at radius 3 is 2.47 bits per heavy atom. The maximum absolute atomic E-state index is 12.5. The summed E-state index contributed by atoms with van der Waals surface area (Å²) in [7, 11) is 0. The van der Waals surface area contributed by atoms with Crippen molar-refractivity contribution in [3.8, 4) is 11.5 Å². The van der Waals surface area contributed by atoms with Gasteiger partial charge in [-0.05, 0) is 90.0 Å². The highest BCUT2D eigenvalue weighted by Crippen LogP contribution is 2.36. The van der Waals surface area contributed by atoms with E-state index in [1.165, 1.54) is 12.5 Å². The average Bonchev–Trinajstić information content (AvgIpc) is 3.20. The molecular formula is C28H25IN2O5. The van der Waals surface area contributed by atoms with Crippen molar-refractivity contribution in [3.63, 3.8) is 0 Å². The van der Waals surface area contributed by atoms with Crippen LogP contribution in [0.2, 0.25) is 0 Å². The largest absolute Gasteiger partial charge is 0.490 e. The van der Waals surface area contributed by atoms with Gasteiger partial charge < -0.3 is 19.5 Å². The molecule has 1 aliphatic rings. The molecule has 0 aliphatic carbocycles. The minimum Gasteiger partial charge on any atom is -0.490 e. The number of halogens is 1. The van der Waals surface area contributed by atoms with E-state index in [0.717, 1.165) is 14.7 Å². The molecule has 0 saturated carbocycles. The number of carbonyl (C=O) groups excluding carboxylic acids is 2. The molecule has 1 heterocycles. The molecule has 0 unspecified atom stereocenters. The molecule has 0 radical (unpaired) electrons. The molecule has 0 saturated heterocycles. The normalized spacial score (nSPS) is 13.8. The first-order valence-electron chi connectivity index (χ1n) is 11.4. The number of cyclic esters (lactones) is 1. The fourth-order valence-corrected chi connectivity index (χ4v) is 4.29. The fraction of sp³-hybridized carbons (Fsp3) is 0.179. The van der Waals surface area contributed by atoms with E-state index < -0.39 is 5.97 Å². The van der Waals surface area contributed by atoms with Gasteiger partial charge in [-0.15, -0.1) is 0 Å². The third-order valence-corrected chi connectivity index (χ3v) is 6.01. The number of hydrogen-bond donors (Lipinski definition) is 1. The van der Waals surface area contributed by atoms with E-state index in [0.29, 0.717) is 36.0 Å². The van der Waals surface area contributed by atoms with Crippen molar-refractivity contribution in [2.75, 3.05) is 11.9 Å². The SMILES string of the molecule is CCOc1cc(/C=C2\N=C(c3ccc(NC(C)=O)cc3)OC2=O)cc(I)c1OCc1ccc(C)cc1. The highest BCUT2D eigenvalue weighted by atomic mass is 127. The summed E-state index contributed by atoms with van der Waals surface area (Å²) in [5.74, 6) is 0.748. The van der Waals surface area contributed by atoms with E-state index >= 15 is 0 Å². The number of amides is 1. The first-order valence-corrected chi connectivity index (χ1v) is 12.5. The lowest BCUT2D eigenvalue weighted by Crippen LogP contribution is -2.07. The third kappa shape index (κ3) is 6.31. The second-order valence-electron chi connectivity index (χ2n) is 8.13. The van der Waals surface area contributed by atoms with E-state index in [1.807, 2.05) is 38.1 Å². The van der Waals surface area contributed by atoms with Crippen LogP contribution < -0.4 is 14.8 Å². The zero-order valence-corrected chi connectivity index (χ0v) is 22.3. The summed E-state index contributed by atoms with van der Waals surface area (Å²) < 4.78 is 18.2. The maximum atomic E-state index is 12.5. The number of carbonyl (C=O) groups is 2. The summed E-state index contributed by atoms with van der Waals surface area (Å²) in [5, 5.41) is 2.70. The Morgan fingerprint density at radius 1 is 1.08 bits per heavy atom. The number of aryl methyl sites for hydroxylation is 1. The minimum atomic E-state index is -0.538. The van der Waals surface area contributed by atoms with Crippen molar-refractivity contribution < 1.29 is 23.8 Å². The number of nitrogens with one attached hydrogen (secondary N) is 1. The topological polar surface area (TPSA) is 86.2 Å². The number of aliphatic imine (C=N–C) groups is 1. The molecular weight excluding hydrogens is 571 g/mol. The number of rotatable bonds is 8. The monoisotopic (exact) mass is 596 g/mol. The highest BCUT2D eigenvalue weighted by molar-refractivity contribution is 14.1. The van der Waals surface area contributed by atoms with Crippen LogP contribution in [0.5, 0.6) is 11.5 Å². The van der Waals surface area contributed by atoms with Crippen LogP contribution in [0.25, 0.3) is 6.08 Å². The Bertz CT molecular complexity index is 1350. The predicted molar refractivity (Wildman–Crippen MR) is 147 cm³/mol. The standard InChI is InChI=1S/C28H25IN2O5/c1-4-34-25-15-20(13-23(29)26(25)35-16-19-7-5-17(2)6-8-19)14-24-28(33)36-27(31-24)21-9-11-22(12-10-21)30-18(3)32/h5-15H,4,16H2,1-3H3,(H,30,32)/b24-14-. The molecule has 4 rings (SSSR count). The predicted octanol–water partition coefficient (Wildman–Crippen LogP) is 5.88. The summed E-state index contributed by atoms with van der Waals surface area (Å²) >= 11 is 2.20. The lowest BCUT2D eigenvalue weighted by molar-refractivity contribution is -0.129. The number of esters is 1. The van der Waals surface area contributed by atoms with Crippen molar-refractivity contribution in [1.82, 2.24) is 0 Å². The molecule has 1 N–H and O–H groups in total. The lowest BCUT2D eigenvalue weighted by atomic mass is 10.1. The van der Waals surface area contributed by atoms with Crippen LogP contribution in [-0.2, 0) is 20.9 Å². The first-order chi connectivity index (χ1) is 17.3. The lowest BCUT2D eigenvalue weighted by Gasteiger charge is -2.15. The number of nitrogens with zero attached hydrogens (tertiary/aromatic N) is 1. The van der Waals surface area contributed by atoms with E-state index in [1.54, 1.807) is 30.3 Å². The second-order valence-corrected chi connectivity index (χ2v) is 9.29. The quantitative estimate of drug-likeness (QED) is 0.200. The zero-order chi connectivity index (χ0) is 25.7. The van der Waals surface area contributed by atoms with Crippen LogP contribution >= 0.6 is 22.6 Å². The van der Waals surface area contributed by atoms with Crippen molar-refractivity contribution in [2.24, 2.45) is 4.99 Å². The van der Waals surface area contributed by atoms with Gasteiger partial charge in [0.1, 0.15) is 6.61 Å². The Kier molecular flexibility index (Phi) is 8.04. The number of hydrogen-bond acceptors (Lipinski definition) is 6. The van der Waals surface area contributed by atoms with E-state index in [-0.39, 0.29) is 17.5 Å². The van der Waals surface area contributed by atoms with Gasteiger partial charge in [-0.2, -0.15) is 0 Å². The number of anilines is 1. The molecule has 0 atom stereocenters. The average molecular weight is 596 g/mol. The molecule has 0 bridgehead atoms. The molecule has 36 heavy (non-hydrogen) atoms. The van der Waals surface area contributed by atoms with Crippen LogP contribution in [0.4, 0.5) is 5.69 Å². The molecule has 3 aromatic rings. The summed E-state index contributed by atoms with van der Waals surface area (Å²) in [6.45, 7) is 6.27. The summed E-state index contributed by atoms with van der Waals surface area (Å²) in [5.41, 5.74) is 4.45. The molecule has 8 heteroatoms. The summed E-state index contributed by atoms with van der Waals surface area (Å²) in [6, 6.07) is 18.8. The van der Waals surface area contributed by atoms with Crippen LogP contribution in [0, 0.1) is 10.5 Å². The van der Waals surface area contributed by atoms with Gasteiger partial charge in [0.15, 0.2) is 17.2 Å². The van der Waals surface area contributed by atoms with E-state index in [9.17, 15) is 9.59 Å². The zero-order valence-electron chi connectivity index (χ0n) is 20.1. The van der Waals surface area contributed by atoms with E-state index in [2.05, 4.69) is 45.0 Å². The molecule has 0 fully saturated rings. The van der Waals surface area contributed by atoms with E-state index in [4.69, 9.17) is 14.2 Å². The first kappa shape index (κ1) is 25.4. The second kappa shape index (κ2) is 11.4. The maximum Gasteiger partial charge on any atom is 0.363 e. The van der Waals surface area contributed by atoms with Gasteiger partial charge in [-0.1, -0.05) is 29.8 Å². The molecule has 0 spiro atoms. The van der Waals surface area contributed by atoms with Gasteiger partial charge in [0.05, 0.1) is 10.2 Å².